The fourth-order valence-electron chi connectivity index (χ4n) is 1.47. The van der Waals surface area contributed by atoms with Gasteiger partial charge in [0.05, 0.1) is 6.21 Å². The van der Waals surface area contributed by atoms with Crippen molar-refractivity contribution in [2.45, 2.75) is 19.8 Å². The summed E-state index contributed by atoms with van der Waals surface area (Å²) in [6.07, 6.45) is 3.43. The molecule has 2 aromatic rings. The predicted octanol–water partition coefficient (Wildman–Crippen LogP) is 2.23. The first kappa shape index (κ1) is 12.5. The maximum absolute atomic E-state index is 11.4. The molecule has 18 heavy (non-hydrogen) atoms. The van der Waals surface area contributed by atoms with Crippen molar-refractivity contribution in [3.8, 4) is 0 Å². The van der Waals surface area contributed by atoms with Crippen LogP contribution in [0.1, 0.15) is 23.9 Å². The Bertz CT molecular complexity index is 574. The molecule has 5 nitrogen and oxygen atoms in total. The molecule has 2 N–H and O–H groups in total. The lowest BCUT2D eigenvalue weighted by atomic mass is 10.2. The summed E-state index contributed by atoms with van der Waals surface area (Å²) < 4.78 is 0. The van der Waals surface area contributed by atoms with Gasteiger partial charge in [-0.3, -0.25) is 9.78 Å². The van der Waals surface area contributed by atoms with Gasteiger partial charge in [0, 0.05) is 16.6 Å². The number of H-pyrrole nitrogens is 1. The SMILES string of the molecule is CCCc1cc(=O)[nH]c(NN=Cc2cccs2)n1. The van der Waals surface area contributed by atoms with Crippen LogP contribution >= 0.6 is 11.3 Å². The number of rotatable bonds is 5. The summed E-state index contributed by atoms with van der Waals surface area (Å²) in [6, 6.07) is 5.42. The number of hydrogen-bond donors (Lipinski definition) is 2. The topological polar surface area (TPSA) is 70.1 Å². The van der Waals surface area contributed by atoms with Crippen molar-refractivity contribution < 1.29 is 0 Å². The number of anilines is 1. The molecule has 2 heterocycles. The zero-order valence-electron chi connectivity index (χ0n) is 10.0. The number of aryl methyl sites for hydroxylation is 1. The molecule has 0 aliphatic heterocycles. The number of nitrogens with one attached hydrogen (secondary N) is 2. The fourth-order valence-corrected chi connectivity index (χ4v) is 2.05. The highest BCUT2D eigenvalue weighted by Gasteiger charge is 1.99. The molecule has 0 amide bonds. The van der Waals surface area contributed by atoms with Crippen LogP contribution in [0.15, 0.2) is 33.5 Å². The van der Waals surface area contributed by atoms with Gasteiger partial charge in [-0.15, -0.1) is 11.3 Å². The zero-order valence-corrected chi connectivity index (χ0v) is 10.8. The van der Waals surface area contributed by atoms with Crippen LogP contribution in [0.5, 0.6) is 0 Å². The Morgan fingerprint density at radius 2 is 2.50 bits per heavy atom. The van der Waals surface area contributed by atoms with Crippen LogP contribution in [0, 0.1) is 0 Å². The van der Waals surface area contributed by atoms with E-state index in [1.807, 2.05) is 24.4 Å². The highest BCUT2D eigenvalue weighted by molar-refractivity contribution is 7.11. The van der Waals surface area contributed by atoms with E-state index in [9.17, 15) is 4.79 Å². The average molecular weight is 262 g/mol. The van der Waals surface area contributed by atoms with Gasteiger partial charge in [0.15, 0.2) is 0 Å². The molecular formula is C12H14N4OS. The Morgan fingerprint density at radius 1 is 1.61 bits per heavy atom. The molecule has 0 saturated carbocycles. The van der Waals surface area contributed by atoms with E-state index in [4.69, 9.17) is 0 Å². The molecular weight excluding hydrogens is 248 g/mol. The van der Waals surface area contributed by atoms with Crippen molar-refractivity contribution in [2.24, 2.45) is 5.10 Å². The van der Waals surface area contributed by atoms with E-state index in [1.165, 1.54) is 6.07 Å². The first-order valence-corrected chi connectivity index (χ1v) is 6.58. The summed E-state index contributed by atoms with van der Waals surface area (Å²) in [7, 11) is 0. The van der Waals surface area contributed by atoms with Gasteiger partial charge in [0.25, 0.3) is 5.56 Å². The third-order valence-corrected chi connectivity index (χ3v) is 3.01. The Hall–Kier alpha value is -1.95. The van der Waals surface area contributed by atoms with Crippen molar-refractivity contribution in [3.05, 3.63) is 44.5 Å². The van der Waals surface area contributed by atoms with Crippen LogP contribution in [0.3, 0.4) is 0 Å². The average Bonchev–Trinajstić information content (AvgIpc) is 2.82. The fraction of sp³-hybridized carbons (Fsp3) is 0.250. The standard InChI is InChI=1S/C12H14N4OS/c1-2-4-9-7-11(17)15-12(14-9)16-13-8-10-5-3-6-18-10/h3,5-8H,2,4H2,1H3,(H2,14,15,16,17). The van der Waals surface area contributed by atoms with Gasteiger partial charge in [-0.1, -0.05) is 19.4 Å². The van der Waals surface area contributed by atoms with E-state index in [0.29, 0.717) is 5.95 Å². The molecule has 2 rings (SSSR count). The van der Waals surface area contributed by atoms with Gasteiger partial charge in [-0.05, 0) is 17.9 Å². The monoisotopic (exact) mass is 262 g/mol. The largest absolute Gasteiger partial charge is 0.291 e. The quantitative estimate of drug-likeness (QED) is 0.641. The first-order valence-electron chi connectivity index (χ1n) is 5.70. The minimum atomic E-state index is -0.165. The molecule has 0 aromatic carbocycles. The smallest absolute Gasteiger partial charge is 0.252 e. The van der Waals surface area contributed by atoms with Gasteiger partial charge >= 0.3 is 0 Å². The van der Waals surface area contributed by atoms with Crippen LogP contribution in [0.25, 0.3) is 0 Å². The molecule has 0 unspecified atom stereocenters. The first-order chi connectivity index (χ1) is 8.78. The van der Waals surface area contributed by atoms with E-state index in [2.05, 4.69) is 20.5 Å². The third-order valence-electron chi connectivity index (χ3n) is 2.21. The lowest BCUT2D eigenvalue weighted by molar-refractivity contribution is 0.867. The molecule has 0 atom stereocenters. The number of hydrazone groups is 1. The van der Waals surface area contributed by atoms with Gasteiger partial charge in [-0.2, -0.15) is 5.10 Å². The van der Waals surface area contributed by atoms with Gasteiger partial charge in [0.1, 0.15) is 0 Å². The lowest BCUT2D eigenvalue weighted by Crippen LogP contribution is -2.11. The van der Waals surface area contributed by atoms with Crippen molar-refractivity contribution in [2.75, 3.05) is 5.43 Å². The third kappa shape index (κ3) is 3.53. The van der Waals surface area contributed by atoms with Crippen LogP contribution in [0.2, 0.25) is 0 Å². The Balaban J connectivity index is 2.07. The summed E-state index contributed by atoms with van der Waals surface area (Å²) in [5.41, 5.74) is 3.34. The summed E-state index contributed by atoms with van der Waals surface area (Å²) in [6.45, 7) is 2.05. The molecule has 0 aliphatic carbocycles. The van der Waals surface area contributed by atoms with Crippen LogP contribution in [-0.4, -0.2) is 16.2 Å². The number of aromatic amines is 1. The second-order valence-corrected chi connectivity index (χ2v) is 4.70. The van der Waals surface area contributed by atoms with Gasteiger partial charge in [0.2, 0.25) is 5.95 Å². The molecule has 0 radical (unpaired) electrons. The van der Waals surface area contributed by atoms with Gasteiger partial charge < -0.3 is 0 Å². The number of hydrogen-bond acceptors (Lipinski definition) is 5. The van der Waals surface area contributed by atoms with Crippen molar-refractivity contribution >= 4 is 23.5 Å². The summed E-state index contributed by atoms with van der Waals surface area (Å²) in [4.78, 5) is 19.3. The number of thiophene rings is 1. The molecule has 2 aromatic heterocycles. The minimum Gasteiger partial charge on any atom is -0.291 e. The second kappa shape index (κ2) is 6.11. The molecule has 94 valence electrons. The summed E-state index contributed by atoms with van der Waals surface area (Å²) in [5.74, 6) is 0.374. The minimum absolute atomic E-state index is 0.165. The second-order valence-electron chi connectivity index (χ2n) is 3.72. The van der Waals surface area contributed by atoms with Crippen molar-refractivity contribution in [1.29, 1.82) is 0 Å². The maximum atomic E-state index is 11.4. The highest BCUT2D eigenvalue weighted by Crippen LogP contribution is 2.05. The highest BCUT2D eigenvalue weighted by atomic mass is 32.1. The normalized spacial score (nSPS) is 10.9. The van der Waals surface area contributed by atoms with E-state index in [1.54, 1.807) is 17.6 Å². The van der Waals surface area contributed by atoms with Gasteiger partial charge in [-0.25, -0.2) is 10.4 Å². The Labute approximate surface area is 109 Å². The van der Waals surface area contributed by atoms with Crippen molar-refractivity contribution in [3.63, 3.8) is 0 Å². The van der Waals surface area contributed by atoms with E-state index < -0.39 is 0 Å². The lowest BCUT2D eigenvalue weighted by Gasteiger charge is -2.01. The van der Waals surface area contributed by atoms with Crippen LogP contribution < -0.4 is 11.0 Å². The summed E-state index contributed by atoms with van der Waals surface area (Å²) in [5, 5.41) is 6.00. The molecule has 0 bridgehead atoms. The number of nitrogens with zero attached hydrogens (tertiary/aromatic N) is 2. The molecule has 0 aliphatic rings. The molecule has 0 saturated heterocycles. The Kier molecular flexibility index (Phi) is 4.25. The van der Waals surface area contributed by atoms with Crippen molar-refractivity contribution in [1.82, 2.24) is 9.97 Å². The van der Waals surface area contributed by atoms with E-state index >= 15 is 0 Å². The maximum Gasteiger partial charge on any atom is 0.252 e. The molecule has 6 heteroatoms. The zero-order chi connectivity index (χ0) is 12.8. The van der Waals surface area contributed by atoms with Crippen LogP contribution in [-0.2, 0) is 6.42 Å². The van der Waals surface area contributed by atoms with Crippen LogP contribution in [0.4, 0.5) is 5.95 Å². The van der Waals surface area contributed by atoms with E-state index in [0.717, 1.165) is 23.4 Å². The molecule has 0 spiro atoms. The molecule has 0 fully saturated rings. The predicted molar refractivity (Wildman–Crippen MR) is 74.4 cm³/mol. The Morgan fingerprint density at radius 3 is 3.22 bits per heavy atom. The van der Waals surface area contributed by atoms with E-state index in [-0.39, 0.29) is 5.56 Å². The summed E-state index contributed by atoms with van der Waals surface area (Å²) >= 11 is 1.59. The number of aromatic nitrogens is 2.